The summed E-state index contributed by atoms with van der Waals surface area (Å²) < 4.78 is 0. The molecule has 2 aliphatic carbocycles. The zero-order chi connectivity index (χ0) is 15.5. The number of phenols is 1. The van der Waals surface area contributed by atoms with E-state index in [0.717, 1.165) is 24.2 Å². The van der Waals surface area contributed by atoms with Crippen molar-refractivity contribution in [3.63, 3.8) is 0 Å². The molecule has 1 heterocycles. The molecular weight excluding hydrogens is 274 g/mol. The quantitative estimate of drug-likeness (QED) is 0.861. The molecule has 0 saturated carbocycles. The monoisotopic (exact) mass is 293 g/mol. The molecule has 3 heteroatoms. The fourth-order valence-corrected chi connectivity index (χ4v) is 4.65. The van der Waals surface area contributed by atoms with Crippen molar-refractivity contribution in [2.45, 2.75) is 19.8 Å². The van der Waals surface area contributed by atoms with Gasteiger partial charge in [-0.15, -0.1) is 0 Å². The van der Waals surface area contributed by atoms with Gasteiger partial charge in [-0.25, -0.2) is 0 Å². The molecular formula is C19H19NO2. The Morgan fingerprint density at radius 3 is 3.00 bits per heavy atom. The van der Waals surface area contributed by atoms with Crippen LogP contribution in [-0.4, -0.2) is 23.1 Å². The lowest BCUT2D eigenvalue weighted by Crippen LogP contribution is -2.53. The molecule has 0 bridgehead atoms. The Kier molecular flexibility index (Phi) is 2.71. The van der Waals surface area contributed by atoms with Gasteiger partial charge in [0.15, 0.2) is 5.78 Å². The Labute approximate surface area is 130 Å². The summed E-state index contributed by atoms with van der Waals surface area (Å²) in [5, 5.41) is 10.2. The van der Waals surface area contributed by atoms with E-state index in [1.54, 1.807) is 12.1 Å². The summed E-state index contributed by atoms with van der Waals surface area (Å²) in [6, 6.07) is 5.31. The van der Waals surface area contributed by atoms with E-state index in [4.69, 9.17) is 4.99 Å². The van der Waals surface area contributed by atoms with Gasteiger partial charge in [0.25, 0.3) is 0 Å². The van der Waals surface area contributed by atoms with Crippen LogP contribution in [0.1, 0.15) is 35.7 Å². The molecule has 3 nitrogen and oxygen atoms in total. The van der Waals surface area contributed by atoms with E-state index >= 15 is 0 Å². The second-order valence-corrected chi connectivity index (χ2v) is 6.61. The van der Waals surface area contributed by atoms with Crippen LogP contribution in [0.25, 0.3) is 0 Å². The summed E-state index contributed by atoms with van der Waals surface area (Å²) in [7, 11) is 0. The lowest BCUT2D eigenvalue weighted by Gasteiger charge is -2.51. The van der Waals surface area contributed by atoms with Gasteiger partial charge in [0.05, 0.1) is 11.3 Å². The SMILES string of the molecule is C=CC1=CC[C@H]2C(=O)c3c(O)cccc3C3=NCC[C@H]1[C@@]32C. The highest BCUT2D eigenvalue weighted by Crippen LogP contribution is 2.55. The minimum absolute atomic E-state index is 0.0563. The largest absolute Gasteiger partial charge is 0.507 e. The molecule has 1 aromatic rings. The molecule has 3 aliphatic rings. The maximum absolute atomic E-state index is 13.0. The smallest absolute Gasteiger partial charge is 0.171 e. The second kappa shape index (κ2) is 4.42. The minimum atomic E-state index is -0.283. The number of aromatic hydroxyl groups is 1. The Bertz CT molecular complexity index is 759. The van der Waals surface area contributed by atoms with Crippen LogP contribution >= 0.6 is 0 Å². The van der Waals surface area contributed by atoms with Gasteiger partial charge in [-0.05, 0) is 30.4 Å². The van der Waals surface area contributed by atoms with Gasteiger partial charge >= 0.3 is 0 Å². The average molecular weight is 293 g/mol. The number of ketones is 1. The number of nitrogens with zero attached hydrogens (tertiary/aromatic N) is 1. The highest BCUT2D eigenvalue weighted by atomic mass is 16.3. The van der Waals surface area contributed by atoms with Gasteiger partial charge in [-0.1, -0.05) is 37.8 Å². The first-order chi connectivity index (χ1) is 10.6. The molecule has 0 aromatic heterocycles. The molecule has 0 amide bonds. The molecule has 0 radical (unpaired) electrons. The van der Waals surface area contributed by atoms with Crippen molar-refractivity contribution in [3.8, 4) is 5.75 Å². The number of phenolic OH excluding ortho intramolecular Hbond substituents is 1. The van der Waals surface area contributed by atoms with E-state index < -0.39 is 0 Å². The number of allylic oxidation sites excluding steroid dienone is 3. The standard InChI is InChI=1S/C19H19NO2/c1-3-11-7-8-14-17(22)16-12(5-4-6-15(16)21)18-19(14,2)13(11)9-10-20-18/h3-7,13-14,21H,1,8-10H2,2H3/t13-,14+,19-/m1/s1. The average Bonchev–Trinajstić information content (AvgIpc) is 2.51. The fourth-order valence-electron chi connectivity index (χ4n) is 4.65. The van der Waals surface area contributed by atoms with Crippen molar-refractivity contribution in [2.24, 2.45) is 22.2 Å². The number of Topliss-reactive ketones (excluding diaryl/α,β-unsaturated/α-hetero) is 1. The number of rotatable bonds is 1. The second-order valence-electron chi connectivity index (χ2n) is 6.61. The summed E-state index contributed by atoms with van der Waals surface area (Å²) in [5.74, 6) is 0.283. The van der Waals surface area contributed by atoms with Crippen LogP contribution in [0, 0.1) is 17.3 Å². The Hall–Kier alpha value is -2.16. The Morgan fingerprint density at radius 2 is 2.23 bits per heavy atom. The van der Waals surface area contributed by atoms with Gasteiger partial charge < -0.3 is 5.11 Å². The molecule has 1 aromatic carbocycles. The van der Waals surface area contributed by atoms with E-state index in [2.05, 4.69) is 19.6 Å². The third-order valence-electron chi connectivity index (χ3n) is 5.73. The van der Waals surface area contributed by atoms with Crippen LogP contribution in [0.4, 0.5) is 0 Å². The molecule has 3 atom stereocenters. The molecule has 0 fully saturated rings. The maximum Gasteiger partial charge on any atom is 0.171 e. The molecule has 1 N–H and O–H groups in total. The van der Waals surface area contributed by atoms with Crippen molar-refractivity contribution in [1.82, 2.24) is 0 Å². The van der Waals surface area contributed by atoms with Crippen LogP contribution < -0.4 is 0 Å². The van der Waals surface area contributed by atoms with Crippen LogP contribution in [0.5, 0.6) is 5.75 Å². The van der Waals surface area contributed by atoms with Gasteiger partial charge in [0.1, 0.15) is 5.75 Å². The maximum atomic E-state index is 13.0. The first-order valence-corrected chi connectivity index (χ1v) is 7.83. The molecule has 22 heavy (non-hydrogen) atoms. The Balaban J connectivity index is 2.02. The number of carbonyl (C=O) groups excluding carboxylic acids is 1. The molecule has 4 rings (SSSR count). The van der Waals surface area contributed by atoms with Crippen LogP contribution in [-0.2, 0) is 0 Å². The van der Waals surface area contributed by atoms with Gasteiger partial charge in [0, 0.05) is 23.4 Å². The van der Waals surface area contributed by atoms with Crippen molar-refractivity contribution in [1.29, 1.82) is 0 Å². The summed E-state index contributed by atoms with van der Waals surface area (Å²) in [4.78, 5) is 17.8. The van der Waals surface area contributed by atoms with E-state index in [-0.39, 0.29) is 28.8 Å². The van der Waals surface area contributed by atoms with Crippen LogP contribution in [0.15, 0.2) is 47.5 Å². The molecule has 0 saturated heterocycles. The summed E-state index contributed by atoms with van der Waals surface area (Å²) in [6.07, 6.45) is 5.73. The third-order valence-corrected chi connectivity index (χ3v) is 5.73. The van der Waals surface area contributed by atoms with Crippen molar-refractivity contribution < 1.29 is 9.90 Å². The first-order valence-electron chi connectivity index (χ1n) is 7.83. The van der Waals surface area contributed by atoms with Gasteiger partial charge in [0.2, 0.25) is 0 Å². The zero-order valence-electron chi connectivity index (χ0n) is 12.7. The number of aliphatic imine (C=N–C) groups is 1. The van der Waals surface area contributed by atoms with E-state index in [0.29, 0.717) is 12.0 Å². The third kappa shape index (κ3) is 1.46. The molecule has 0 spiro atoms. The lowest BCUT2D eigenvalue weighted by molar-refractivity contribution is 0.0752. The van der Waals surface area contributed by atoms with E-state index in [9.17, 15) is 9.90 Å². The summed E-state index contributed by atoms with van der Waals surface area (Å²) in [6.45, 7) is 6.87. The number of hydrogen-bond donors (Lipinski definition) is 1. The topological polar surface area (TPSA) is 49.7 Å². The highest BCUT2D eigenvalue weighted by molar-refractivity contribution is 6.21. The minimum Gasteiger partial charge on any atom is -0.507 e. The number of fused-ring (bicyclic) bond motifs is 2. The number of benzene rings is 1. The predicted octanol–water partition coefficient (Wildman–Crippen LogP) is 3.54. The van der Waals surface area contributed by atoms with Crippen molar-refractivity contribution in [2.75, 3.05) is 6.54 Å². The molecule has 1 aliphatic heterocycles. The highest BCUT2D eigenvalue weighted by Gasteiger charge is 2.56. The van der Waals surface area contributed by atoms with E-state index in [1.165, 1.54) is 5.57 Å². The summed E-state index contributed by atoms with van der Waals surface area (Å²) in [5.41, 5.74) is 3.22. The Morgan fingerprint density at radius 1 is 1.41 bits per heavy atom. The molecule has 112 valence electrons. The zero-order valence-corrected chi connectivity index (χ0v) is 12.7. The predicted molar refractivity (Wildman–Crippen MR) is 86.4 cm³/mol. The number of carbonyl (C=O) groups is 1. The lowest BCUT2D eigenvalue weighted by atomic mass is 9.51. The van der Waals surface area contributed by atoms with E-state index in [1.807, 2.05) is 12.1 Å². The normalized spacial score (nSPS) is 32.5. The summed E-state index contributed by atoms with van der Waals surface area (Å²) >= 11 is 0. The van der Waals surface area contributed by atoms with Gasteiger partial charge in [-0.3, -0.25) is 9.79 Å². The first kappa shape index (κ1) is 13.5. The van der Waals surface area contributed by atoms with Crippen LogP contribution in [0.3, 0.4) is 0 Å². The van der Waals surface area contributed by atoms with Crippen molar-refractivity contribution in [3.05, 3.63) is 53.6 Å². The van der Waals surface area contributed by atoms with Crippen LogP contribution in [0.2, 0.25) is 0 Å². The van der Waals surface area contributed by atoms with Gasteiger partial charge in [-0.2, -0.15) is 0 Å². The van der Waals surface area contributed by atoms with Crippen molar-refractivity contribution >= 4 is 11.5 Å². The molecule has 0 unspecified atom stereocenters. The fraction of sp³-hybridized carbons (Fsp3) is 0.368. The number of hydrogen-bond acceptors (Lipinski definition) is 3.